The topological polar surface area (TPSA) is 145 Å². The third-order valence-corrected chi connectivity index (χ3v) is 10.0. The van der Waals surface area contributed by atoms with Gasteiger partial charge < -0.3 is 38.7 Å². The van der Waals surface area contributed by atoms with Crippen molar-refractivity contribution in [3.8, 4) is 22.8 Å². The van der Waals surface area contributed by atoms with Crippen LogP contribution in [0, 0.1) is 26.7 Å². The SMILES string of the molecule is CCN(c1cc(-c2ccc(OCCCCOc3cc(C(C(=O)OC)C(C)C)on3)cc2)cc(C(=O)NCc2c(C)cc(C)[nH]c2=O)c1C)C1CCOCC1. The Balaban J connectivity index is 1.24. The molecule has 1 saturated heterocycles. The molecule has 1 atom stereocenters. The number of nitrogens with one attached hydrogen (secondary N) is 2. The summed E-state index contributed by atoms with van der Waals surface area (Å²) >= 11 is 0. The standard InChI is InChI=1S/C42H54N4O8/c1-8-46(32-15-19-51-20-16-32)36-23-31(22-34(29(36)6)40(47)43-25-35-27(4)21-28(5)44-41(35)48)30-11-13-33(14-12-30)52-17-9-10-18-53-38-24-37(54-45-38)39(26(2)3)42(49)50-7/h11-14,21-24,26,32,39H,8-10,15-20,25H2,1-7H3,(H,43,47)(H,44,48). The largest absolute Gasteiger partial charge is 0.494 e. The van der Waals surface area contributed by atoms with Gasteiger partial charge in [-0.15, -0.1) is 0 Å². The number of H-pyrrole nitrogens is 1. The average molecular weight is 743 g/mol. The Morgan fingerprint density at radius 1 is 0.981 bits per heavy atom. The third kappa shape index (κ3) is 9.90. The average Bonchev–Trinajstić information content (AvgIpc) is 3.61. The minimum Gasteiger partial charge on any atom is -0.494 e. The van der Waals surface area contributed by atoms with E-state index in [9.17, 15) is 14.4 Å². The van der Waals surface area contributed by atoms with E-state index in [1.54, 1.807) is 6.07 Å². The zero-order valence-electron chi connectivity index (χ0n) is 32.6. The number of pyridine rings is 1. The maximum atomic E-state index is 13.9. The Morgan fingerprint density at radius 2 is 1.69 bits per heavy atom. The van der Waals surface area contributed by atoms with E-state index < -0.39 is 5.92 Å². The summed E-state index contributed by atoms with van der Waals surface area (Å²) in [4.78, 5) is 43.9. The Morgan fingerprint density at radius 3 is 2.33 bits per heavy atom. The van der Waals surface area contributed by atoms with Gasteiger partial charge in [0.2, 0.25) is 0 Å². The van der Waals surface area contributed by atoms with Crippen molar-refractivity contribution in [1.82, 2.24) is 15.5 Å². The summed E-state index contributed by atoms with van der Waals surface area (Å²) in [6.07, 6.45) is 3.34. The van der Waals surface area contributed by atoms with Gasteiger partial charge in [-0.3, -0.25) is 14.4 Å². The number of aromatic nitrogens is 2. The van der Waals surface area contributed by atoms with Gasteiger partial charge in [0, 0.05) is 60.9 Å². The van der Waals surface area contributed by atoms with E-state index in [-0.39, 0.29) is 29.9 Å². The second-order valence-electron chi connectivity index (χ2n) is 14.2. The molecule has 0 saturated carbocycles. The number of carbonyl (C=O) groups excluding carboxylic acids is 2. The first-order valence-electron chi connectivity index (χ1n) is 18.9. The van der Waals surface area contributed by atoms with Gasteiger partial charge in [0.1, 0.15) is 11.7 Å². The first kappa shape index (κ1) is 40.1. The molecule has 1 aliphatic heterocycles. The van der Waals surface area contributed by atoms with E-state index in [1.807, 2.05) is 71.0 Å². The van der Waals surface area contributed by atoms with Crippen LogP contribution in [0.3, 0.4) is 0 Å². The van der Waals surface area contributed by atoms with E-state index in [0.29, 0.717) is 55.2 Å². The molecule has 3 heterocycles. The van der Waals surface area contributed by atoms with Gasteiger partial charge in [-0.1, -0.05) is 26.0 Å². The summed E-state index contributed by atoms with van der Waals surface area (Å²) in [5.74, 6) is 0.354. The van der Waals surface area contributed by atoms with Crippen molar-refractivity contribution in [1.29, 1.82) is 0 Å². The fourth-order valence-corrected chi connectivity index (χ4v) is 7.03. The number of esters is 1. The fourth-order valence-electron chi connectivity index (χ4n) is 7.03. The third-order valence-electron chi connectivity index (χ3n) is 10.0. The van der Waals surface area contributed by atoms with E-state index in [2.05, 4.69) is 33.3 Å². The second-order valence-corrected chi connectivity index (χ2v) is 14.2. The van der Waals surface area contributed by atoms with Crippen molar-refractivity contribution in [3.63, 3.8) is 0 Å². The monoisotopic (exact) mass is 742 g/mol. The molecule has 2 aromatic carbocycles. The minimum atomic E-state index is -0.538. The molecule has 290 valence electrons. The van der Waals surface area contributed by atoms with Crippen LogP contribution in [0.5, 0.6) is 11.6 Å². The molecule has 0 radical (unpaired) electrons. The molecule has 0 aliphatic carbocycles. The fraction of sp³-hybridized carbons (Fsp3) is 0.476. The summed E-state index contributed by atoms with van der Waals surface area (Å²) in [6, 6.07) is 15.9. The van der Waals surface area contributed by atoms with E-state index in [1.165, 1.54) is 7.11 Å². The number of hydrogen-bond acceptors (Lipinski definition) is 10. The minimum absolute atomic E-state index is 0.00963. The zero-order valence-corrected chi connectivity index (χ0v) is 32.6. The van der Waals surface area contributed by atoms with Crippen molar-refractivity contribution >= 4 is 17.6 Å². The number of methoxy groups -OCH3 is 1. The molecule has 5 rings (SSSR count). The van der Waals surface area contributed by atoms with Gasteiger partial charge in [-0.2, -0.15) is 0 Å². The number of nitrogens with zero attached hydrogens (tertiary/aromatic N) is 2. The van der Waals surface area contributed by atoms with Crippen LogP contribution in [-0.4, -0.2) is 68.1 Å². The van der Waals surface area contributed by atoms with Crippen molar-refractivity contribution in [3.05, 3.63) is 92.6 Å². The van der Waals surface area contributed by atoms with Crippen LogP contribution >= 0.6 is 0 Å². The molecule has 1 fully saturated rings. The van der Waals surface area contributed by atoms with E-state index in [4.69, 9.17) is 23.5 Å². The highest BCUT2D eigenvalue weighted by Gasteiger charge is 2.30. The van der Waals surface area contributed by atoms with Crippen molar-refractivity contribution in [2.75, 3.05) is 45.0 Å². The Bertz CT molecular complexity index is 1930. The number of anilines is 1. The normalized spacial score (nSPS) is 13.8. The maximum absolute atomic E-state index is 13.9. The summed E-state index contributed by atoms with van der Waals surface area (Å²) in [5, 5.41) is 6.97. The first-order valence-corrected chi connectivity index (χ1v) is 18.9. The lowest BCUT2D eigenvalue weighted by Gasteiger charge is -2.37. The van der Waals surface area contributed by atoms with Crippen LogP contribution in [0.25, 0.3) is 11.1 Å². The number of aryl methyl sites for hydroxylation is 2. The predicted molar refractivity (Wildman–Crippen MR) is 208 cm³/mol. The van der Waals surface area contributed by atoms with E-state index in [0.717, 1.165) is 71.6 Å². The van der Waals surface area contributed by atoms with Crippen LogP contribution in [0.15, 0.2) is 57.8 Å². The zero-order chi connectivity index (χ0) is 38.8. The number of rotatable bonds is 17. The molecule has 1 unspecified atom stereocenters. The number of benzene rings is 2. The molecule has 2 N–H and O–H groups in total. The van der Waals surface area contributed by atoms with Crippen molar-refractivity contribution in [2.45, 2.75) is 85.7 Å². The van der Waals surface area contributed by atoms with Gasteiger partial charge >= 0.3 is 5.97 Å². The number of unbranched alkanes of at least 4 members (excludes halogenated alkanes) is 1. The maximum Gasteiger partial charge on any atom is 0.316 e. The van der Waals surface area contributed by atoms with Gasteiger partial charge in [-0.05, 0) is 117 Å². The van der Waals surface area contributed by atoms with Crippen LogP contribution in [0.4, 0.5) is 5.69 Å². The van der Waals surface area contributed by atoms with Gasteiger partial charge in [0.25, 0.3) is 17.3 Å². The van der Waals surface area contributed by atoms with Gasteiger partial charge in [0.05, 0.1) is 20.3 Å². The molecular formula is C42H54N4O8. The number of hydrogen-bond donors (Lipinski definition) is 2. The van der Waals surface area contributed by atoms with Crippen LogP contribution in [-0.2, 0) is 20.8 Å². The molecule has 12 nitrogen and oxygen atoms in total. The summed E-state index contributed by atoms with van der Waals surface area (Å²) in [6.45, 7) is 15.0. The highest BCUT2D eigenvalue weighted by Crippen LogP contribution is 2.35. The lowest BCUT2D eigenvalue weighted by atomic mass is 9.93. The van der Waals surface area contributed by atoms with Crippen molar-refractivity contribution in [2.24, 2.45) is 5.92 Å². The predicted octanol–water partition coefficient (Wildman–Crippen LogP) is 7.04. The number of aromatic amines is 1. The molecular weight excluding hydrogens is 688 g/mol. The molecule has 2 aromatic heterocycles. The molecule has 0 bridgehead atoms. The smallest absolute Gasteiger partial charge is 0.316 e. The Labute approximate surface area is 317 Å². The quantitative estimate of drug-likeness (QED) is 0.0854. The Hall–Kier alpha value is -5.10. The highest BCUT2D eigenvalue weighted by molar-refractivity contribution is 5.99. The molecule has 0 spiro atoms. The van der Waals surface area contributed by atoms with Gasteiger partial charge in [0.15, 0.2) is 5.76 Å². The summed E-state index contributed by atoms with van der Waals surface area (Å²) in [7, 11) is 1.36. The summed E-state index contributed by atoms with van der Waals surface area (Å²) in [5.41, 5.74) is 6.34. The van der Waals surface area contributed by atoms with Crippen molar-refractivity contribution < 1.29 is 33.1 Å². The molecule has 4 aromatic rings. The van der Waals surface area contributed by atoms with E-state index >= 15 is 0 Å². The second kappa shape index (κ2) is 18.8. The number of ether oxygens (including phenoxy) is 4. The Kier molecular flexibility index (Phi) is 13.9. The lowest BCUT2D eigenvalue weighted by molar-refractivity contribution is -0.144. The molecule has 1 aliphatic rings. The van der Waals surface area contributed by atoms with Gasteiger partial charge in [-0.25, -0.2) is 0 Å². The highest BCUT2D eigenvalue weighted by atomic mass is 16.5. The lowest BCUT2D eigenvalue weighted by Crippen LogP contribution is -2.40. The van der Waals surface area contributed by atoms with Crippen LogP contribution < -0.4 is 25.2 Å². The number of amides is 1. The van der Waals surface area contributed by atoms with Crippen LogP contribution in [0.2, 0.25) is 0 Å². The van der Waals surface area contributed by atoms with Crippen LogP contribution in [0.1, 0.15) is 90.9 Å². The number of carbonyl (C=O) groups is 2. The summed E-state index contributed by atoms with van der Waals surface area (Å²) < 4.78 is 27.7. The first-order chi connectivity index (χ1) is 26.0. The molecule has 1 amide bonds. The molecule has 54 heavy (non-hydrogen) atoms. The molecule has 12 heteroatoms.